The van der Waals surface area contributed by atoms with Crippen LogP contribution in [0.2, 0.25) is 0 Å². The van der Waals surface area contributed by atoms with Gasteiger partial charge in [0, 0.05) is 5.92 Å². The van der Waals surface area contributed by atoms with Gasteiger partial charge >= 0.3 is 0 Å². The molecule has 0 spiro atoms. The van der Waals surface area contributed by atoms with E-state index in [2.05, 4.69) is 18.2 Å². The van der Waals surface area contributed by atoms with E-state index < -0.39 is 0 Å². The molecule has 2 nitrogen and oxygen atoms in total. The third-order valence-electron chi connectivity index (χ3n) is 2.84. The Morgan fingerprint density at radius 1 is 1.25 bits per heavy atom. The number of methoxy groups -OCH3 is 1. The molecule has 0 bridgehead atoms. The Morgan fingerprint density at radius 2 is 2.00 bits per heavy atom. The van der Waals surface area contributed by atoms with Gasteiger partial charge in [0.1, 0.15) is 0 Å². The number of aliphatic hydroxyl groups is 1. The molecular weight excluding hydrogens is 200 g/mol. The van der Waals surface area contributed by atoms with Crippen molar-refractivity contribution < 1.29 is 9.84 Å². The second-order valence-electron chi connectivity index (χ2n) is 3.96. The van der Waals surface area contributed by atoms with Crippen molar-refractivity contribution in [1.82, 2.24) is 0 Å². The zero-order chi connectivity index (χ0) is 11.4. The number of aliphatic hydroxyl groups excluding tert-OH is 1. The van der Waals surface area contributed by atoms with E-state index in [0.29, 0.717) is 18.1 Å². The molecule has 0 saturated carbocycles. The van der Waals surface area contributed by atoms with Gasteiger partial charge in [-0.05, 0) is 24.1 Å². The van der Waals surface area contributed by atoms with E-state index in [-0.39, 0.29) is 0 Å². The maximum atomic E-state index is 9.60. The Balaban J connectivity index is 2.28. The summed E-state index contributed by atoms with van der Waals surface area (Å²) in [7, 11) is 1.65. The van der Waals surface area contributed by atoms with Gasteiger partial charge in [-0.25, -0.2) is 0 Å². The van der Waals surface area contributed by atoms with Crippen LogP contribution in [0.4, 0.5) is 0 Å². The van der Waals surface area contributed by atoms with Crippen LogP contribution in [0.15, 0.2) is 54.0 Å². The minimum absolute atomic E-state index is 0.292. The van der Waals surface area contributed by atoms with Crippen LogP contribution in [0.25, 0.3) is 0 Å². The molecular formula is C14H16O2. The molecule has 84 valence electrons. The first-order valence-corrected chi connectivity index (χ1v) is 5.47. The van der Waals surface area contributed by atoms with Crippen molar-refractivity contribution in [2.24, 2.45) is 0 Å². The number of hydrogen-bond acceptors (Lipinski definition) is 2. The van der Waals surface area contributed by atoms with Crippen molar-refractivity contribution in [3.63, 3.8) is 0 Å². The van der Waals surface area contributed by atoms with Crippen LogP contribution >= 0.6 is 0 Å². The number of rotatable bonds is 2. The van der Waals surface area contributed by atoms with Crippen LogP contribution in [0.5, 0.6) is 0 Å². The number of allylic oxidation sites excluding steroid dienone is 2. The molecule has 0 fully saturated rings. The minimum atomic E-state index is 0.292. The van der Waals surface area contributed by atoms with Gasteiger partial charge in [0.15, 0.2) is 0 Å². The van der Waals surface area contributed by atoms with E-state index in [0.717, 1.165) is 12.2 Å². The lowest BCUT2D eigenvalue weighted by Crippen LogP contribution is -1.95. The van der Waals surface area contributed by atoms with E-state index >= 15 is 0 Å². The summed E-state index contributed by atoms with van der Waals surface area (Å²) < 4.78 is 5.25. The molecule has 1 atom stereocenters. The van der Waals surface area contributed by atoms with E-state index in [1.165, 1.54) is 5.56 Å². The Labute approximate surface area is 95.9 Å². The van der Waals surface area contributed by atoms with Gasteiger partial charge < -0.3 is 9.84 Å². The number of hydrogen-bond donors (Lipinski definition) is 1. The van der Waals surface area contributed by atoms with Gasteiger partial charge in [-0.15, -0.1) is 0 Å². The molecule has 0 aliphatic heterocycles. The molecule has 0 heterocycles. The Hall–Kier alpha value is -1.70. The molecule has 2 rings (SSSR count). The van der Waals surface area contributed by atoms with Crippen molar-refractivity contribution in [3.8, 4) is 0 Å². The summed E-state index contributed by atoms with van der Waals surface area (Å²) in [6.45, 7) is 0. The van der Waals surface area contributed by atoms with Crippen LogP contribution in [-0.4, -0.2) is 12.2 Å². The SMILES string of the molecule is COC1=C[C@@H](c2ccccc2)CC=C(O)C1. The van der Waals surface area contributed by atoms with Crippen molar-refractivity contribution in [1.29, 1.82) is 0 Å². The fourth-order valence-corrected chi connectivity index (χ4v) is 1.94. The molecule has 1 aliphatic carbocycles. The predicted molar refractivity (Wildman–Crippen MR) is 64.2 cm³/mol. The highest BCUT2D eigenvalue weighted by Gasteiger charge is 2.14. The quantitative estimate of drug-likeness (QED) is 0.819. The fourth-order valence-electron chi connectivity index (χ4n) is 1.94. The van der Waals surface area contributed by atoms with Crippen molar-refractivity contribution in [2.45, 2.75) is 18.8 Å². The molecule has 1 aliphatic rings. The molecule has 1 N–H and O–H groups in total. The highest BCUT2D eigenvalue weighted by atomic mass is 16.5. The summed E-state index contributed by atoms with van der Waals surface area (Å²) in [5.74, 6) is 1.52. The summed E-state index contributed by atoms with van der Waals surface area (Å²) in [6.07, 6.45) is 5.29. The van der Waals surface area contributed by atoms with Crippen LogP contribution in [-0.2, 0) is 4.74 Å². The first-order chi connectivity index (χ1) is 7.79. The van der Waals surface area contributed by atoms with Crippen LogP contribution in [0, 0.1) is 0 Å². The lowest BCUT2D eigenvalue weighted by atomic mass is 9.96. The Morgan fingerprint density at radius 3 is 2.69 bits per heavy atom. The highest BCUT2D eigenvalue weighted by Crippen LogP contribution is 2.28. The van der Waals surface area contributed by atoms with Gasteiger partial charge in [-0.1, -0.05) is 30.3 Å². The zero-order valence-electron chi connectivity index (χ0n) is 9.39. The van der Waals surface area contributed by atoms with Crippen LogP contribution in [0.3, 0.4) is 0 Å². The van der Waals surface area contributed by atoms with Gasteiger partial charge in [-0.3, -0.25) is 0 Å². The molecule has 0 saturated heterocycles. The lowest BCUT2D eigenvalue weighted by Gasteiger charge is -2.11. The first-order valence-electron chi connectivity index (χ1n) is 5.47. The molecule has 0 unspecified atom stereocenters. The Bertz CT molecular complexity index is 404. The van der Waals surface area contributed by atoms with Gasteiger partial charge in [0.2, 0.25) is 0 Å². The van der Waals surface area contributed by atoms with Crippen molar-refractivity contribution >= 4 is 0 Å². The smallest absolute Gasteiger partial charge is 0.0996 e. The highest BCUT2D eigenvalue weighted by molar-refractivity contribution is 5.28. The first kappa shape index (κ1) is 10.8. The molecule has 2 heteroatoms. The lowest BCUT2D eigenvalue weighted by molar-refractivity contribution is 0.265. The topological polar surface area (TPSA) is 29.5 Å². The second-order valence-corrected chi connectivity index (χ2v) is 3.96. The average Bonchev–Trinajstić information content (AvgIpc) is 2.52. The third-order valence-corrected chi connectivity index (χ3v) is 2.84. The average molecular weight is 216 g/mol. The van der Waals surface area contributed by atoms with Crippen LogP contribution in [0.1, 0.15) is 24.3 Å². The van der Waals surface area contributed by atoms with E-state index in [1.54, 1.807) is 7.11 Å². The second kappa shape index (κ2) is 4.88. The molecule has 1 aromatic carbocycles. The van der Waals surface area contributed by atoms with Gasteiger partial charge in [-0.2, -0.15) is 0 Å². The molecule has 0 aromatic heterocycles. The summed E-state index contributed by atoms with van der Waals surface area (Å²) in [6, 6.07) is 10.3. The van der Waals surface area contributed by atoms with Crippen molar-refractivity contribution in [3.05, 3.63) is 59.6 Å². The number of benzene rings is 1. The molecule has 1 aromatic rings. The zero-order valence-corrected chi connectivity index (χ0v) is 9.39. The third kappa shape index (κ3) is 2.45. The van der Waals surface area contributed by atoms with E-state index in [9.17, 15) is 5.11 Å². The summed E-state index contributed by atoms with van der Waals surface area (Å²) in [5, 5.41) is 9.60. The van der Waals surface area contributed by atoms with E-state index in [4.69, 9.17) is 4.74 Å². The van der Waals surface area contributed by atoms with Gasteiger partial charge in [0.25, 0.3) is 0 Å². The standard InChI is InChI=1S/C14H16O2/c1-16-14-9-12(7-8-13(15)10-14)11-5-3-2-4-6-11/h2-6,8-9,12,15H,7,10H2,1H3/t12-/m0/s1. The summed E-state index contributed by atoms with van der Waals surface area (Å²) in [5.41, 5.74) is 1.25. The maximum absolute atomic E-state index is 9.60. The van der Waals surface area contributed by atoms with Gasteiger partial charge in [0.05, 0.1) is 25.0 Å². The largest absolute Gasteiger partial charge is 0.512 e. The minimum Gasteiger partial charge on any atom is -0.512 e. The molecule has 0 amide bonds. The monoisotopic (exact) mass is 216 g/mol. The van der Waals surface area contributed by atoms with Crippen LogP contribution < -0.4 is 0 Å². The number of ether oxygens (including phenoxy) is 1. The molecule has 16 heavy (non-hydrogen) atoms. The van der Waals surface area contributed by atoms with E-state index in [1.807, 2.05) is 24.3 Å². The predicted octanol–water partition coefficient (Wildman–Crippen LogP) is 3.54. The molecule has 0 radical (unpaired) electrons. The normalized spacial score (nSPS) is 20.7. The fraction of sp³-hybridized carbons (Fsp3) is 0.286. The summed E-state index contributed by atoms with van der Waals surface area (Å²) >= 11 is 0. The van der Waals surface area contributed by atoms with Crippen molar-refractivity contribution in [2.75, 3.05) is 7.11 Å². The summed E-state index contributed by atoms with van der Waals surface area (Å²) in [4.78, 5) is 0. The maximum Gasteiger partial charge on any atom is 0.0996 e. The Kier molecular flexibility index (Phi) is 3.30.